The van der Waals surface area contributed by atoms with Gasteiger partial charge in [0, 0.05) is 5.41 Å². The summed E-state index contributed by atoms with van der Waals surface area (Å²) >= 11 is 0. The van der Waals surface area contributed by atoms with Crippen molar-refractivity contribution in [3.05, 3.63) is 130 Å². The lowest BCUT2D eigenvalue weighted by molar-refractivity contribution is -0.0439. The van der Waals surface area contributed by atoms with Gasteiger partial charge in [-0.25, -0.2) is 0 Å². The molecule has 0 fully saturated rings. The lowest BCUT2D eigenvalue weighted by Gasteiger charge is -2.40. The highest BCUT2D eigenvalue weighted by Gasteiger charge is 2.40. The highest BCUT2D eigenvalue weighted by atomic mass is 16.3. The van der Waals surface area contributed by atoms with Crippen LogP contribution in [0.3, 0.4) is 0 Å². The Morgan fingerprint density at radius 2 is 1.02 bits per heavy atom. The van der Waals surface area contributed by atoms with Crippen LogP contribution in [0.4, 0.5) is 0 Å². The van der Waals surface area contributed by atoms with Crippen LogP contribution in [0.15, 0.2) is 130 Å². The molecular weight excluding hydrogens is 528 g/mol. The first-order valence-corrected chi connectivity index (χ1v) is 15.6. The highest BCUT2D eigenvalue weighted by Crippen LogP contribution is 2.42. The van der Waals surface area contributed by atoms with Crippen molar-refractivity contribution in [3.63, 3.8) is 0 Å². The van der Waals surface area contributed by atoms with Gasteiger partial charge in [-0.3, -0.25) is 0 Å². The molecule has 0 saturated heterocycles. The maximum Gasteiger partial charge on any atom is 0.0893 e. The van der Waals surface area contributed by atoms with Crippen molar-refractivity contribution in [2.75, 3.05) is 0 Å². The molecular formula is C40H56O3. The van der Waals surface area contributed by atoms with E-state index in [0.717, 1.165) is 35.1 Å². The fourth-order valence-corrected chi connectivity index (χ4v) is 6.03. The summed E-state index contributed by atoms with van der Waals surface area (Å²) in [6.07, 6.45) is 29.8. The molecule has 3 atom stereocenters. The zero-order valence-electron chi connectivity index (χ0n) is 28.3. The Morgan fingerprint density at radius 3 is 1.51 bits per heavy atom. The summed E-state index contributed by atoms with van der Waals surface area (Å²) in [5, 5.41) is 30.7. The number of aliphatic hydroxyl groups is 3. The minimum atomic E-state index is -0.761. The first kappa shape index (κ1) is 36.2. The van der Waals surface area contributed by atoms with Gasteiger partial charge in [-0.05, 0) is 77.4 Å². The standard InChI is InChI=1S/C40H56O3/c1-28(17-13-19-30(3)21-23-35-32(5)25-34(41)27-39(35,7)8)15-11-12-16-29(2)18-14-20-31(4)22-24-36-33(6)26-37(42)38(43)40(36,9)10/h11-24,34,37-38,41-43H,25-27H2,1-10H3/b12-11+,17-13?,18-14+,23-21?,24-22+,28-15?,29-16+,30-19?,31-20+. The smallest absolute Gasteiger partial charge is 0.0893 e. The van der Waals surface area contributed by atoms with Crippen LogP contribution in [-0.4, -0.2) is 33.6 Å². The van der Waals surface area contributed by atoms with E-state index in [9.17, 15) is 15.3 Å². The average molecular weight is 585 g/mol. The van der Waals surface area contributed by atoms with E-state index in [2.05, 4.69) is 134 Å². The summed E-state index contributed by atoms with van der Waals surface area (Å²) in [5.74, 6) is 0. The molecule has 0 aromatic heterocycles. The molecule has 2 aliphatic carbocycles. The SMILES string of the molecule is CC(C=CC1=C(C)CC(O)CC1(C)C)=CC=CC(C)=C/C=C/C=C(C)/C=C/C=C(C)/C=C/C1=C(C)CC(O)C(O)C1(C)C. The maximum absolute atomic E-state index is 10.4. The lowest BCUT2D eigenvalue weighted by Crippen LogP contribution is -2.44. The van der Waals surface area contributed by atoms with Gasteiger partial charge in [-0.1, -0.05) is 146 Å². The molecule has 3 unspecified atom stereocenters. The molecule has 0 spiro atoms. The third-order valence-electron chi connectivity index (χ3n) is 8.54. The fourth-order valence-electron chi connectivity index (χ4n) is 6.03. The number of rotatable bonds is 10. The van der Waals surface area contributed by atoms with Crippen molar-refractivity contribution in [3.8, 4) is 0 Å². The van der Waals surface area contributed by atoms with Gasteiger partial charge in [0.15, 0.2) is 0 Å². The molecule has 234 valence electrons. The summed E-state index contributed by atoms with van der Waals surface area (Å²) in [7, 11) is 0. The van der Waals surface area contributed by atoms with E-state index in [4.69, 9.17) is 0 Å². The van der Waals surface area contributed by atoms with Crippen molar-refractivity contribution in [1.82, 2.24) is 0 Å². The van der Waals surface area contributed by atoms with E-state index in [1.165, 1.54) is 22.3 Å². The second-order valence-electron chi connectivity index (χ2n) is 13.7. The number of allylic oxidation sites excluding steroid dienone is 19. The monoisotopic (exact) mass is 584 g/mol. The summed E-state index contributed by atoms with van der Waals surface area (Å²) < 4.78 is 0. The summed E-state index contributed by atoms with van der Waals surface area (Å²) in [5.41, 5.74) is 8.99. The molecule has 0 amide bonds. The van der Waals surface area contributed by atoms with Gasteiger partial charge in [0.1, 0.15) is 0 Å². The highest BCUT2D eigenvalue weighted by molar-refractivity contribution is 5.40. The zero-order valence-corrected chi connectivity index (χ0v) is 28.3. The van der Waals surface area contributed by atoms with Gasteiger partial charge in [-0.2, -0.15) is 0 Å². The predicted molar refractivity (Wildman–Crippen MR) is 186 cm³/mol. The Bertz CT molecular complexity index is 1330. The molecule has 3 nitrogen and oxygen atoms in total. The largest absolute Gasteiger partial charge is 0.393 e. The molecule has 0 radical (unpaired) electrons. The van der Waals surface area contributed by atoms with Gasteiger partial charge in [0.2, 0.25) is 0 Å². The van der Waals surface area contributed by atoms with Gasteiger partial charge in [0.05, 0.1) is 18.3 Å². The molecule has 3 N–H and O–H groups in total. The molecule has 2 aliphatic rings. The third-order valence-corrected chi connectivity index (χ3v) is 8.54. The molecule has 0 aromatic rings. The van der Waals surface area contributed by atoms with Gasteiger partial charge in [0.25, 0.3) is 0 Å². The molecule has 43 heavy (non-hydrogen) atoms. The number of hydrogen-bond acceptors (Lipinski definition) is 3. The van der Waals surface area contributed by atoms with Crippen LogP contribution in [0, 0.1) is 10.8 Å². The van der Waals surface area contributed by atoms with Crippen molar-refractivity contribution in [2.45, 2.75) is 107 Å². The first-order chi connectivity index (χ1) is 20.0. The van der Waals surface area contributed by atoms with Crippen molar-refractivity contribution < 1.29 is 15.3 Å². The molecule has 2 rings (SSSR count). The molecule has 0 bridgehead atoms. The topological polar surface area (TPSA) is 60.7 Å². The van der Waals surface area contributed by atoms with Gasteiger partial charge < -0.3 is 15.3 Å². The van der Waals surface area contributed by atoms with Crippen molar-refractivity contribution in [2.24, 2.45) is 10.8 Å². The van der Waals surface area contributed by atoms with Gasteiger partial charge >= 0.3 is 0 Å². The molecule has 0 aliphatic heterocycles. The Morgan fingerprint density at radius 1 is 0.605 bits per heavy atom. The minimum absolute atomic E-state index is 0.00247. The Kier molecular flexibility index (Phi) is 13.6. The van der Waals surface area contributed by atoms with E-state index in [1.54, 1.807) is 0 Å². The van der Waals surface area contributed by atoms with Crippen LogP contribution < -0.4 is 0 Å². The summed E-state index contributed by atoms with van der Waals surface area (Å²) in [6.45, 7) is 20.9. The minimum Gasteiger partial charge on any atom is -0.393 e. The molecule has 0 saturated carbocycles. The third kappa shape index (κ3) is 11.2. The lowest BCUT2D eigenvalue weighted by atomic mass is 9.69. The van der Waals surface area contributed by atoms with Crippen LogP contribution in [0.25, 0.3) is 0 Å². The predicted octanol–water partition coefficient (Wildman–Crippen LogP) is 9.52. The van der Waals surface area contributed by atoms with E-state index in [1.807, 2.05) is 20.8 Å². The van der Waals surface area contributed by atoms with Crippen LogP contribution in [0.1, 0.15) is 88.5 Å². The van der Waals surface area contributed by atoms with Crippen LogP contribution in [0.2, 0.25) is 0 Å². The molecule has 0 heterocycles. The second kappa shape index (κ2) is 16.2. The number of aliphatic hydroxyl groups excluding tert-OH is 3. The second-order valence-corrected chi connectivity index (χ2v) is 13.7. The Balaban J connectivity index is 1.92. The molecule has 3 heteroatoms. The van der Waals surface area contributed by atoms with E-state index in [-0.39, 0.29) is 11.5 Å². The van der Waals surface area contributed by atoms with Crippen LogP contribution in [-0.2, 0) is 0 Å². The van der Waals surface area contributed by atoms with Crippen molar-refractivity contribution in [1.29, 1.82) is 0 Å². The van der Waals surface area contributed by atoms with E-state index < -0.39 is 17.6 Å². The summed E-state index contributed by atoms with van der Waals surface area (Å²) in [6, 6.07) is 0. The van der Waals surface area contributed by atoms with E-state index in [0.29, 0.717) is 6.42 Å². The van der Waals surface area contributed by atoms with E-state index >= 15 is 0 Å². The fraction of sp³-hybridized carbons (Fsp3) is 0.450. The average Bonchev–Trinajstić information content (AvgIpc) is 2.88. The Labute approximate surface area is 262 Å². The van der Waals surface area contributed by atoms with Crippen molar-refractivity contribution >= 4 is 0 Å². The quantitative estimate of drug-likeness (QED) is 0.224. The number of hydrogen-bond donors (Lipinski definition) is 3. The Hall–Kier alpha value is -2.98. The van der Waals surface area contributed by atoms with Gasteiger partial charge in [-0.15, -0.1) is 0 Å². The molecule has 0 aromatic carbocycles. The van der Waals surface area contributed by atoms with Crippen LogP contribution >= 0.6 is 0 Å². The normalized spacial score (nSPS) is 26.5. The maximum atomic E-state index is 10.4. The van der Waals surface area contributed by atoms with Crippen LogP contribution in [0.5, 0.6) is 0 Å². The zero-order chi connectivity index (χ0) is 32.4. The summed E-state index contributed by atoms with van der Waals surface area (Å²) in [4.78, 5) is 0. The first-order valence-electron chi connectivity index (χ1n) is 15.6.